The quantitative estimate of drug-likeness (QED) is 0.615. The number of nitrogens with zero attached hydrogens (tertiary/aromatic N) is 2. The van der Waals surface area contributed by atoms with Crippen molar-refractivity contribution in [1.29, 1.82) is 0 Å². The number of furan rings is 1. The van der Waals surface area contributed by atoms with Crippen molar-refractivity contribution < 1.29 is 4.42 Å². The fourth-order valence-corrected chi connectivity index (χ4v) is 1.00. The van der Waals surface area contributed by atoms with Crippen molar-refractivity contribution in [3.63, 3.8) is 0 Å². The molecule has 1 rings (SSSR count). The van der Waals surface area contributed by atoms with Crippen molar-refractivity contribution >= 4 is 5.84 Å². The van der Waals surface area contributed by atoms with Crippen LogP contribution in [0.2, 0.25) is 0 Å². The molecule has 4 nitrogen and oxygen atoms in total. The molecule has 0 aliphatic heterocycles. The number of aliphatic imine (C=N–C) groups is 1. The minimum absolute atomic E-state index is 0.472. The van der Waals surface area contributed by atoms with Gasteiger partial charge in [0.1, 0.15) is 0 Å². The number of likely N-dealkylation sites (N-methyl/N-ethyl adjacent to an activating group) is 1. The van der Waals surface area contributed by atoms with Crippen LogP contribution in [0.3, 0.4) is 0 Å². The third-order valence-electron chi connectivity index (χ3n) is 2.08. The maximum Gasteiger partial charge on any atom is 0.168 e. The molecule has 0 fully saturated rings. The van der Waals surface area contributed by atoms with Gasteiger partial charge in [0.05, 0.1) is 12.8 Å². The minimum Gasteiger partial charge on any atom is -0.461 e. The highest BCUT2D eigenvalue weighted by Crippen LogP contribution is 1.98. The van der Waals surface area contributed by atoms with E-state index in [1.807, 2.05) is 19.9 Å². The Balaban J connectivity index is 0.00000106. The standard InChI is InChI=1S/C10H17N3O.C2H6/c1-3-13(2)7-6-12-10(11)9-5-4-8-14-9;1-2/h4-5,8H,3,6-7H2,1-2H3,(H2,11,12);1-2H3. The van der Waals surface area contributed by atoms with E-state index in [9.17, 15) is 0 Å². The molecule has 0 unspecified atom stereocenters. The Morgan fingerprint density at radius 2 is 2.19 bits per heavy atom. The van der Waals surface area contributed by atoms with Crippen LogP contribution in [-0.2, 0) is 0 Å². The highest BCUT2D eigenvalue weighted by atomic mass is 16.3. The summed E-state index contributed by atoms with van der Waals surface area (Å²) in [6.45, 7) is 8.75. The number of nitrogens with two attached hydrogens (primary N) is 1. The maximum absolute atomic E-state index is 5.70. The molecule has 0 aliphatic rings. The Kier molecular flexibility index (Phi) is 8.25. The van der Waals surface area contributed by atoms with Crippen molar-refractivity contribution in [2.24, 2.45) is 10.7 Å². The first-order chi connectivity index (χ1) is 7.74. The lowest BCUT2D eigenvalue weighted by atomic mass is 10.4. The smallest absolute Gasteiger partial charge is 0.168 e. The monoisotopic (exact) mass is 225 g/mol. The first-order valence-electron chi connectivity index (χ1n) is 5.76. The summed E-state index contributed by atoms with van der Waals surface area (Å²) in [7, 11) is 2.05. The zero-order valence-electron chi connectivity index (χ0n) is 10.7. The second kappa shape index (κ2) is 8.97. The zero-order valence-corrected chi connectivity index (χ0v) is 10.7. The van der Waals surface area contributed by atoms with Crippen molar-refractivity contribution in [2.45, 2.75) is 20.8 Å². The molecule has 1 aromatic heterocycles. The Bertz CT molecular complexity index is 280. The van der Waals surface area contributed by atoms with E-state index in [1.54, 1.807) is 12.3 Å². The molecule has 1 heterocycles. The highest BCUT2D eigenvalue weighted by molar-refractivity contribution is 5.94. The number of hydrogen-bond acceptors (Lipinski definition) is 3. The third-order valence-corrected chi connectivity index (χ3v) is 2.08. The van der Waals surface area contributed by atoms with Crippen LogP contribution in [0.25, 0.3) is 0 Å². The van der Waals surface area contributed by atoms with Gasteiger partial charge in [-0.25, -0.2) is 0 Å². The molecule has 0 aromatic carbocycles. The summed E-state index contributed by atoms with van der Waals surface area (Å²) in [6, 6.07) is 3.61. The molecular formula is C12H23N3O. The summed E-state index contributed by atoms with van der Waals surface area (Å²) < 4.78 is 5.11. The molecule has 0 saturated carbocycles. The van der Waals surface area contributed by atoms with Gasteiger partial charge in [-0.1, -0.05) is 20.8 Å². The van der Waals surface area contributed by atoms with Crippen molar-refractivity contribution in [3.05, 3.63) is 24.2 Å². The predicted octanol–water partition coefficient (Wildman–Crippen LogP) is 1.96. The van der Waals surface area contributed by atoms with Gasteiger partial charge in [-0.3, -0.25) is 4.99 Å². The molecule has 0 amide bonds. The second-order valence-corrected chi connectivity index (χ2v) is 3.14. The molecule has 0 radical (unpaired) electrons. The van der Waals surface area contributed by atoms with Gasteiger partial charge < -0.3 is 15.1 Å². The van der Waals surface area contributed by atoms with Crippen LogP contribution in [0.5, 0.6) is 0 Å². The fourth-order valence-electron chi connectivity index (χ4n) is 1.00. The molecule has 0 saturated heterocycles. The molecule has 1 aromatic rings. The van der Waals surface area contributed by atoms with Crippen molar-refractivity contribution in [2.75, 3.05) is 26.7 Å². The molecule has 0 bridgehead atoms. The van der Waals surface area contributed by atoms with Crippen molar-refractivity contribution in [1.82, 2.24) is 4.90 Å². The maximum atomic E-state index is 5.70. The predicted molar refractivity (Wildman–Crippen MR) is 68.8 cm³/mol. The van der Waals surface area contributed by atoms with Crippen LogP contribution < -0.4 is 5.73 Å². The Morgan fingerprint density at radius 1 is 1.50 bits per heavy atom. The van der Waals surface area contributed by atoms with Crippen LogP contribution in [0.1, 0.15) is 26.5 Å². The first-order valence-corrected chi connectivity index (χ1v) is 5.76. The van der Waals surface area contributed by atoms with Gasteiger partial charge >= 0.3 is 0 Å². The average molecular weight is 225 g/mol. The van der Waals surface area contributed by atoms with Crippen LogP contribution in [0.15, 0.2) is 27.8 Å². The van der Waals surface area contributed by atoms with E-state index in [0.717, 1.165) is 13.1 Å². The normalized spacial score (nSPS) is 11.2. The summed E-state index contributed by atoms with van der Waals surface area (Å²) in [5.74, 6) is 1.11. The van der Waals surface area contributed by atoms with Gasteiger partial charge in [0.15, 0.2) is 11.6 Å². The van der Waals surface area contributed by atoms with Crippen LogP contribution >= 0.6 is 0 Å². The number of hydrogen-bond donors (Lipinski definition) is 1. The third kappa shape index (κ3) is 5.56. The molecular weight excluding hydrogens is 202 g/mol. The fraction of sp³-hybridized carbons (Fsp3) is 0.583. The molecule has 2 N–H and O–H groups in total. The lowest BCUT2D eigenvalue weighted by Gasteiger charge is -2.11. The molecule has 92 valence electrons. The van der Waals surface area contributed by atoms with Crippen LogP contribution in [0, 0.1) is 0 Å². The van der Waals surface area contributed by atoms with Crippen LogP contribution in [-0.4, -0.2) is 37.4 Å². The molecule has 0 spiro atoms. The average Bonchev–Trinajstić information content (AvgIpc) is 2.85. The van der Waals surface area contributed by atoms with E-state index < -0.39 is 0 Å². The van der Waals surface area contributed by atoms with E-state index in [0.29, 0.717) is 18.1 Å². The van der Waals surface area contributed by atoms with E-state index in [4.69, 9.17) is 10.2 Å². The lowest BCUT2D eigenvalue weighted by molar-refractivity contribution is 0.363. The van der Waals surface area contributed by atoms with E-state index in [-0.39, 0.29) is 0 Å². The second-order valence-electron chi connectivity index (χ2n) is 3.14. The Morgan fingerprint density at radius 3 is 2.69 bits per heavy atom. The van der Waals surface area contributed by atoms with Gasteiger partial charge in [-0.05, 0) is 25.7 Å². The van der Waals surface area contributed by atoms with Gasteiger partial charge in [0.25, 0.3) is 0 Å². The van der Waals surface area contributed by atoms with E-state index >= 15 is 0 Å². The highest BCUT2D eigenvalue weighted by Gasteiger charge is 2.00. The summed E-state index contributed by atoms with van der Waals surface area (Å²) in [6.07, 6.45) is 1.59. The van der Waals surface area contributed by atoms with Gasteiger partial charge in [0, 0.05) is 6.54 Å². The van der Waals surface area contributed by atoms with Gasteiger partial charge in [0.2, 0.25) is 0 Å². The summed E-state index contributed by atoms with van der Waals surface area (Å²) in [4.78, 5) is 6.39. The van der Waals surface area contributed by atoms with E-state index in [2.05, 4.69) is 23.9 Å². The molecule has 0 atom stereocenters. The van der Waals surface area contributed by atoms with Crippen LogP contribution in [0.4, 0.5) is 0 Å². The lowest BCUT2D eigenvalue weighted by Crippen LogP contribution is -2.22. The summed E-state index contributed by atoms with van der Waals surface area (Å²) in [5, 5.41) is 0. The Labute approximate surface area is 98.1 Å². The van der Waals surface area contributed by atoms with Gasteiger partial charge in [-0.2, -0.15) is 0 Å². The SMILES string of the molecule is CC.CCN(C)CCN=C(N)c1ccco1. The summed E-state index contributed by atoms with van der Waals surface area (Å²) in [5.41, 5.74) is 5.70. The zero-order chi connectivity index (χ0) is 12.4. The van der Waals surface area contributed by atoms with E-state index in [1.165, 1.54) is 0 Å². The largest absolute Gasteiger partial charge is 0.461 e. The summed E-state index contributed by atoms with van der Waals surface area (Å²) >= 11 is 0. The first kappa shape index (κ1) is 14.7. The molecule has 0 aliphatic carbocycles. The number of amidine groups is 1. The minimum atomic E-state index is 0.472. The Hall–Kier alpha value is -1.29. The molecule has 4 heteroatoms. The topological polar surface area (TPSA) is 54.8 Å². The van der Waals surface area contributed by atoms with Gasteiger partial charge in [-0.15, -0.1) is 0 Å². The van der Waals surface area contributed by atoms with Crippen molar-refractivity contribution in [3.8, 4) is 0 Å². The number of rotatable bonds is 5. The molecule has 16 heavy (non-hydrogen) atoms.